The van der Waals surface area contributed by atoms with Crippen LogP contribution in [0.5, 0.6) is 0 Å². The normalized spacial score (nSPS) is 13.3. The minimum absolute atomic E-state index is 0.152. The molecule has 0 saturated heterocycles. The summed E-state index contributed by atoms with van der Waals surface area (Å²) in [6.07, 6.45) is 7.53. The molecule has 0 fully saturated rings. The van der Waals surface area contributed by atoms with Gasteiger partial charge in [-0.1, -0.05) is 6.92 Å². The van der Waals surface area contributed by atoms with Crippen LogP contribution < -0.4 is 5.32 Å². The van der Waals surface area contributed by atoms with Crippen molar-refractivity contribution < 1.29 is 4.74 Å². The lowest BCUT2D eigenvalue weighted by Crippen LogP contribution is -2.26. The van der Waals surface area contributed by atoms with Crippen molar-refractivity contribution in [3.63, 3.8) is 0 Å². The first kappa shape index (κ1) is 13.0. The van der Waals surface area contributed by atoms with Crippen LogP contribution >= 0.6 is 0 Å². The van der Waals surface area contributed by atoms with Crippen LogP contribution in [0.25, 0.3) is 5.52 Å². The summed E-state index contributed by atoms with van der Waals surface area (Å²) in [7, 11) is 0. The number of ether oxygens (including phenoxy) is 1. The van der Waals surface area contributed by atoms with Gasteiger partial charge in [0.05, 0.1) is 36.7 Å². The molecule has 0 aliphatic carbocycles. The number of nitrogens with one attached hydrogen (secondary N) is 1. The molecular weight excluding hydrogens is 228 g/mol. The van der Waals surface area contributed by atoms with Crippen LogP contribution in [-0.4, -0.2) is 33.9 Å². The molecule has 0 aliphatic rings. The van der Waals surface area contributed by atoms with Crippen LogP contribution in [0.1, 0.15) is 32.4 Å². The van der Waals surface area contributed by atoms with E-state index >= 15 is 0 Å². The Morgan fingerprint density at radius 1 is 1.39 bits per heavy atom. The Hall–Kier alpha value is -1.46. The molecule has 5 heteroatoms. The molecule has 0 radical (unpaired) electrons. The Labute approximate surface area is 107 Å². The molecule has 1 unspecified atom stereocenters. The van der Waals surface area contributed by atoms with E-state index in [-0.39, 0.29) is 12.1 Å². The number of likely N-dealkylation sites (N-methyl/N-ethyl adjacent to an activating group) is 1. The Kier molecular flexibility index (Phi) is 4.28. The van der Waals surface area contributed by atoms with E-state index < -0.39 is 0 Å². The molecule has 1 atom stereocenters. The maximum atomic E-state index is 5.71. The molecule has 2 aromatic rings. The second-order valence-corrected chi connectivity index (χ2v) is 4.50. The number of fused-ring (bicyclic) bond motifs is 1. The molecular formula is C13H20N4O. The van der Waals surface area contributed by atoms with E-state index in [4.69, 9.17) is 4.74 Å². The highest BCUT2D eigenvalue weighted by Gasteiger charge is 2.16. The highest BCUT2D eigenvalue weighted by molar-refractivity contribution is 5.53. The van der Waals surface area contributed by atoms with E-state index in [1.165, 1.54) is 0 Å². The van der Waals surface area contributed by atoms with Gasteiger partial charge < -0.3 is 10.1 Å². The quantitative estimate of drug-likeness (QED) is 0.847. The number of hydrogen-bond acceptors (Lipinski definition) is 4. The molecule has 5 nitrogen and oxygen atoms in total. The van der Waals surface area contributed by atoms with E-state index in [2.05, 4.69) is 22.3 Å². The van der Waals surface area contributed by atoms with Crippen LogP contribution in [0.3, 0.4) is 0 Å². The van der Waals surface area contributed by atoms with Crippen molar-refractivity contribution in [2.45, 2.75) is 32.9 Å². The standard InChI is InChI=1S/C13H20N4O/c1-4-15-12(9-18-10(2)3)11-7-16-17-6-5-14-8-13(11)17/h5-8,10,12,15H,4,9H2,1-3H3. The minimum Gasteiger partial charge on any atom is -0.377 e. The molecule has 0 saturated carbocycles. The molecule has 0 bridgehead atoms. The van der Waals surface area contributed by atoms with Crippen molar-refractivity contribution in [2.75, 3.05) is 13.2 Å². The lowest BCUT2D eigenvalue weighted by Gasteiger charge is -2.18. The zero-order chi connectivity index (χ0) is 13.0. The van der Waals surface area contributed by atoms with Gasteiger partial charge in [0, 0.05) is 18.0 Å². The minimum atomic E-state index is 0.152. The smallest absolute Gasteiger partial charge is 0.0893 e. The lowest BCUT2D eigenvalue weighted by molar-refractivity contribution is 0.0617. The van der Waals surface area contributed by atoms with Crippen molar-refractivity contribution in [1.82, 2.24) is 19.9 Å². The molecule has 1 N–H and O–H groups in total. The zero-order valence-electron chi connectivity index (χ0n) is 11.1. The highest BCUT2D eigenvalue weighted by atomic mass is 16.5. The third-order valence-electron chi connectivity index (χ3n) is 2.78. The van der Waals surface area contributed by atoms with E-state index in [9.17, 15) is 0 Å². The molecule has 2 rings (SSSR count). The summed E-state index contributed by atoms with van der Waals surface area (Å²) >= 11 is 0. The highest BCUT2D eigenvalue weighted by Crippen LogP contribution is 2.19. The van der Waals surface area contributed by atoms with E-state index in [0.29, 0.717) is 6.61 Å². The molecule has 0 spiro atoms. The van der Waals surface area contributed by atoms with Crippen LogP contribution in [0, 0.1) is 0 Å². The van der Waals surface area contributed by atoms with Crippen LogP contribution in [-0.2, 0) is 4.74 Å². The van der Waals surface area contributed by atoms with Crippen LogP contribution in [0.15, 0.2) is 24.8 Å². The summed E-state index contributed by atoms with van der Waals surface area (Å²) in [5.41, 5.74) is 2.15. The fourth-order valence-electron chi connectivity index (χ4n) is 1.91. The predicted molar refractivity (Wildman–Crippen MR) is 70.5 cm³/mol. The van der Waals surface area contributed by atoms with Crippen molar-refractivity contribution in [1.29, 1.82) is 0 Å². The first-order valence-corrected chi connectivity index (χ1v) is 6.34. The summed E-state index contributed by atoms with van der Waals surface area (Å²) in [6, 6.07) is 0.152. The number of nitrogens with zero attached hydrogens (tertiary/aromatic N) is 3. The topological polar surface area (TPSA) is 51.5 Å². The molecule has 0 amide bonds. The first-order chi connectivity index (χ1) is 8.72. The van der Waals surface area contributed by atoms with Crippen molar-refractivity contribution in [3.05, 3.63) is 30.4 Å². The van der Waals surface area contributed by atoms with E-state index in [1.54, 1.807) is 6.20 Å². The Bertz CT molecular complexity index is 494. The maximum Gasteiger partial charge on any atom is 0.0893 e. The second-order valence-electron chi connectivity index (χ2n) is 4.50. The van der Waals surface area contributed by atoms with Crippen molar-refractivity contribution in [3.8, 4) is 0 Å². The molecule has 0 aromatic carbocycles. The SMILES string of the molecule is CCNC(COC(C)C)c1cnn2ccncc12. The van der Waals surface area contributed by atoms with E-state index in [1.807, 2.05) is 37.0 Å². The van der Waals surface area contributed by atoms with E-state index in [0.717, 1.165) is 17.6 Å². The van der Waals surface area contributed by atoms with Gasteiger partial charge in [0.1, 0.15) is 0 Å². The van der Waals surface area contributed by atoms with Crippen LogP contribution in [0.4, 0.5) is 0 Å². The lowest BCUT2D eigenvalue weighted by atomic mass is 10.1. The fourth-order valence-corrected chi connectivity index (χ4v) is 1.91. The molecule has 2 heterocycles. The summed E-state index contributed by atoms with van der Waals surface area (Å²) in [5.74, 6) is 0. The summed E-state index contributed by atoms with van der Waals surface area (Å²) in [5, 5.41) is 7.76. The number of aromatic nitrogens is 3. The third-order valence-corrected chi connectivity index (χ3v) is 2.78. The van der Waals surface area contributed by atoms with Crippen LogP contribution in [0.2, 0.25) is 0 Å². The third kappa shape index (κ3) is 2.86. The largest absolute Gasteiger partial charge is 0.377 e. The summed E-state index contributed by atoms with van der Waals surface area (Å²) < 4.78 is 7.54. The molecule has 0 aliphatic heterocycles. The van der Waals surface area contributed by atoms with Gasteiger partial charge in [-0.15, -0.1) is 0 Å². The monoisotopic (exact) mass is 248 g/mol. The maximum absolute atomic E-state index is 5.71. The molecule has 18 heavy (non-hydrogen) atoms. The predicted octanol–water partition coefficient (Wildman–Crippen LogP) is 1.80. The average Bonchev–Trinajstić information content (AvgIpc) is 2.78. The van der Waals surface area contributed by atoms with Gasteiger partial charge in [0.2, 0.25) is 0 Å². The number of hydrogen-bond donors (Lipinski definition) is 1. The Morgan fingerprint density at radius 3 is 2.94 bits per heavy atom. The average molecular weight is 248 g/mol. The van der Waals surface area contributed by atoms with Gasteiger partial charge in [0.15, 0.2) is 0 Å². The van der Waals surface area contributed by atoms with Gasteiger partial charge in [0.25, 0.3) is 0 Å². The van der Waals surface area contributed by atoms with Gasteiger partial charge in [-0.05, 0) is 20.4 Å². The van der Waals surface area contributed by atoms with Gasteiger partial charge in [-0.3, -0.25) is 4.98 Å². The fraction of sp³-hybridized carbons (Fsp3) is 0.538. The summed E-state index contributed by atoms with van der Waals surface area (Å²) in [6.45, 7) is 7.71. The van der Waals surface area contributed by atoms with Gasteiger partial charge in [-0.25, -0.2) is 4.52 Å². The number of rotatable bonds is 6. The van der Waals surface area contributed by atoms with Crippen molar-refractivity contribution >= 4 is 5.52 Å². The first-order valence-electron chi connectivity index (χ1n) is 6.34. The van der Waals surface area contributed by atoms with Gasteiger partial charge in [-0.2, -0.15) is 5.10 Å². The molecule has 98 valence electrons. The molecule has 2 aromatic heterocycles. The van der Waals surface area contributed by atoms with Gasteiger partial charge >= 0.3 is 0 Å². The van der Waals surface area contributed by atoms with Crippen molar-refractivity contribution in [2.24, 2.45) is 0 Å². The Morgan fingerprint density at radius 2 is 2.22 bits per heavy atom. The second kappa shape index (κ2) is 5.93. The Balaban J connectivity index is 2.24. The zero-order valence-corrected chi connectivity index (χ0v) is 11.1. The summed E-state index contributed by atoms with van der Waals surface area (Å²) in [4.78, 5) is 4.15.